The molecular formula is C14H20ClNOS. The Labute approximate surface area is 119 Å². The van der Waals surface area contributed by atoms with Gasteiger partial charge >= 0.3 is 0 Å². The smallest absolute Gasteiger partial charge is 0.0784 e. The van der Waals surface area contributed by atoms with Crippen LogP contribution in [0.1, 0.15) is 32.3 Å². The van der Waals surface area contributed by atoms with Crippen molar-refractivity contribution in [1.29, 1.82) is 0 Å². The van der Waals surface area contributed by atoms with E-state index in [9.17, 15) is 0 Å². The topological polar surface area (TPSA) is 35.2 Å². The molecule has 0 amide bonds. The fraction of sp³-hybridized carbons (Fsp3) is 0.500. The van der Waals surface area contributed by atoms with Crippen molar-refractivity contribution in [2.24, 2.45) is 11.1 Å². The first-order chi connectivity index (χ1) is 8.43. The minimum atomic E-state index is -0.0942. The molecule has 0 radical (unpaired) electrons. The summed E-state index contributed by atoms with van der Waals surface area (Å²) < 4.78 is 5.61. The van der Waals surface area contributed by atoms with Crippen molar-refractivity contribution >= 4 is 28.8 Å². The average Bonchev–Trinajstić information content (AvgIpc) is 2.30. The fourth-order valence-corrected chi connectivity index (χ4v) is 1.83. The van der Waals surface area contributed by atoms with Crippen LogP contribution in [0.2, 0.25) is 5.02 Å². The highest BCUT2D eigenvalue weighted by atomic mass is 35.5. The van der Waals surface area contributed by atoms with Gasteiger partial charge in [0.25, 0.3) is 0 Å². The molecule has 1 rings (SSSR count). The molecule has 100 valence electrons. The van der Waals surface area contributed by atoms with Crippen LogP contribution < -0.4 is 5.73 Å². The Hall–Kier alpha value is -0.640. The van der Waals surface area contributed by atoms with Crippen LogP contribution in [0.25, 0.3) is 0 Å². The largest absolute Gasteiger partial charge is 0.393 e. The molecule has 0 saturated carbocycles. The van der Waals surface area contributed by atoms with Crippen molar-refractivity contribution in [1.82, 2.24) is 0 Å². The first kappa shape index (κ1) is 15.4. The Kier molecular flexibility index (Phi) is 6.06. The highest BCUT2D eigenvalue weighted by Gasteiger charge is 2.20. The number of halogens is 1. The van der Waals surface area contributed by atoms with Gasteiger partial charge in [0.15, 0.2) is 0 Å². The maximum absolute atomic E-state index is 6.04. The van der Waals surface area contributed by atoms with Crippen LogP contribution in [0, 0.1) is 5.41 Å². The average molecular weight is 286 g/mol. The summed E-state index contributed by atoms with van der Waals surface area (Å²) in [4.78, 5) is 0.564. The molecule has 0 spiro atoms. The van der Waals surface area contributed by atoms with E-state index in [0.29, 0.717) is 18.2 Å². The van der Waals surface area contributed by atoms with Gasteiger partial charge in [0.05, 0.1) is 11.6 Å². The molecule has 0 heterocycles. The second-order valence-electron chi connectivity index (χ2n) is 5.00. The number of thiocarbonyl (C=S) groups is 1. The van der Waals surface area contributed by atoms with Gasteiger partial charge in [-0.3, -0.25) is 0 Å². The van der Waals surface area contributed by atoms with E-state index in [0.717, 1.165) is 23.4 Å². The Bertz CT molecular complexity index is 407. The van der Waals surface area contributed by atoms with E-state index < -0.39 is 0 Å². The third-order valence-electron chi connectivity index (χ3n) is 2.97. The molecule has 0 aliphatic heterocycles. The van der Waals surface area contributed by atoms with Gasteiger partial charge in [0.1, 0.15) is 0 Å². The van der Waals surface area contributed by atoms with Crippen molar-refractivity contribution in [2.75, 3.05) is 6.61 Å². The molecule has 2 nitrogen and oxygen atoms in total. The lowest BCUT2D eigenvalue weighted by Gasteiger charge is -2.22. The van der Waals surface area contributed by atoms with Crippen LogP contribution in [-0.4, -0.2) is 11.6 Å². The van der Waals surface area contributed by atoms with Gasteiger partial charge in [-0.2, -0.15) is 0 Å². The summed E-state index contributed by atoms with van der Waals surface area (Å²) in [5.41, 5.74) is 6.60. The zero-order valence-electron chi connectivity index (χ0n) is 10.9. The van der Waals surface area contributed by atoms with Crippen molar-refractivity contribution in [3.05, 3.63) is 34.9 Å². The first-order valence-electron chi connectivity index (χ1n) is 6.04. The number of rotatable bonds is 7. The van der Waals surface area contributed by atoms with Gasteiger partial charge in [0, 0.05) is 17.0 Å². The van der Waals surface area contributed by atoms with Crippen molar-refractivity contribution in [3.8, 4) is 0 Å². The van der Waals surface area contributed by atoms with E-state index in [4.69, 9.17) is 34.3 Å². The summed E-state index contributed by atoms with van der Waals surface area (Å²) >= 11 is 11.1. The van der Waals surface area contributed by atoms with E-state index in [1.54, 1.807) is 0 Å². The summed E-state index contributed by atoms with van der Waals surface area (Å²) in [6, 6.07) is 7.72. The second kappa shape index (κ2) is 7.07. The molecule has 0 bridgehead atoms. The molecule has 4 heteroatoms. The zero-order chi connectivity index (χ0) is 13.6. The number of nitrogens with two attached hydrogens (primary N) is 1. The van der Waals surface area contributed by atoms with Gasteiger partial charge in [0.2, 0.25) is 0 Å². The molecule has 0 aliphatic rings. The molecule has 1 aromatic rings. The number of benzene rings is 1. The molecule has 0 atom stereocenters. The van der Waals surface area contributed by atoms with E-state index >= 15 is 0 Å². The third kappa shape index (κ3) is 4.92. The van der Waals surface area contributed by atoms with Crippen LogP contribution in [-0.2, 0) is 11.3 Å². The van der Waals surface area contributed by atoms with Crippen molar-refractivity contribution < 1.29 is 4.74 Å². The summed E-state index contributed by atoms with van der Waals surface area (Å²) in [6.45, 7) is 5.36. The van der Waals surface area contributed by atoms with Crippen LogP contribution >= 0.6 is 23.8 Å². The maximum atomic E-state index is 6.04. The van der Waals surface area contributed by atoms with Gasteiger partial charge < -0.3 is 10.5 Å². The number of ether oxygens (including phenoxy) is 1. The maximum Gasteiger partial charge on any atom is 0.0784 e. The zero-order valence-corrected chi connectivity index (χ0v) is 12.5. The highest BCUT2D eigenvalue weighted by Crippen LogP contribution is 2.22. The predicted octanol–water partition coefficient (Wildman–Crippen LogP) is 3.95. The van der Waals surface area contributed by atoms with Crippen molar-refractivity contribution in [3.63, 3.8) is 0 Å². The minimum Gasteiger partial charge on any atom is -0.393 e. The normalized spacial score (nSPS) is 11.5. The van der Waals surface area contributed by atoms with E-state index in [1.807, 2.05) is 24.3 Å². The molecule has 0 aliphatic carbocycles. The molecule has 0 aromatic heterocycles. The Morgan fingerprint density at radius 1 is 1.39 bits per heavy atom. The number of hydrogen-bond donors (Lipinski definition) is 1. The van der Waals surface area contributed by atoms with Gasteiger partial charge in [-0.1, -0.05) is 55.9 Å². The fourth-order valence-electron chi connectivity index (χ4n) is 1.54. The lowest BCUT2D eigenvalue weighted by atomic mass is 9.88. The van der Waals surface area contributed by atoms with E-state index in [-0.39, 0.29) is 5.41 Å². The Balaban J connectivity index is 2.24. The molecule has 0 unspecified atom stereocenters. The molecule has 2 N–H and O–H groups in total. The molecule has 0 saturated heterocycles. The van der Waals surface area contributed by atoms with Gasteiger partial charge in [-0.25, -0.2) is 0 Å². The third-order valence-corrected chi connectivity index (χ3v) is 3.89. The number of hydrogen-bond acceptors (Lipinski definition) is 2. The second-order valence-corrected chi connectivity index (χ2v) is 5.84. The SMILES string of the molecule is CC(C)(CCCOCc1ccccc1Cl)C(N)=S. The van der Waals surface area contributed by atoms with Gasteiger partial charge in [-0.05, 0) is 24.5 Å². The van der Waals surface area contributed by atoms with Crippen molar-refractivity contribution in [2.45, 2.75) is 33.3 Å². The Morgan fingerprint density at radius 2 is 2.06 bits per heavy atom. The van der Waals surface area contributed by atoms with Gasteiger partial charge in [-0.15, -0.1) is 0 Å². The molecular weight excluding hydrogens is 266 g/mol. The lowest BCUT2D eigenvalue weighted by molar-refractivity contribution is 0.113. The molecule has 0 fully saturated rings. The van der Waals surface area contributed by atoms with Crippen LogP contribution in [0.4, 0.5) is 0 Å². The Morgan fingerprint density at radius 3 is 2.67 bits per heavy atom. The molecule has 18 heavy (non-hydrogen) atoms. The van der Waals surface area contributed by atoms with E-state index in [2.05, 4.69) is 13.8 Å². The summed E-state index contributed by atoms with van der Waals surface area (Å²) in [6.07, 6.45) is 1.87. The van der Waals surface area contributed by atoms with Crippen LogP contribution in [0.15, 0.2) is 24.3 Å². The summed E-state index contributed by atoms with van der Waals surface area (Å²) in [5, 5.41) is 0.751. The molecule has 1 aromatic carbocycles. The summed E-state index contributed by atoms with van der Waals surface area (Å²) in [7, 11) is 0. The quantitative estimate of drug-likeness (QED) is 0.609. The van der Waals surface area contributed by atoms with E-state index in [1.165, 1.54) is 0 Å². The summed E-state index contributed by atoms with van der Waals surface area (Å²) in [5.74, 6) is 0. The standard InChI is InChI=1S/C14H20ClNOS/c1-14(2,13(16)18)8-5-9-17-10-11-6-3-4-7-12(11)15/h3-4,6-7H,5,8-10H2,1-2H3,(H2,16,18). The van der Waals surface area contributed by atoms with Crippen LogP contribution in [0.5, 0.6) is 0 Å². The van der Waals surface area contributed by atoms with Crippen LogP contribution in [0.3, 0.4) is 0 Å². The highest BCUT2D eigenvalue weighted by molar-refractivity contribution is 7.80. The predicted molar refractivity (Wildman–Crippen MR) is 80.9 cm³/mol. The monoisotopic (exact) mass is 285 g/mol. The lowest BCUT2D eigenvalue weighted by Crippen LogP contribution is -2.29. The first-order valence-corrected chi connectivity index (χ1v) is 6.83. The minimum absolute atomic E-state index is 0.0942.